The molecule has 0 aromatic heterocycles. The van der Waals surface area contributed by atoms with Crippen LogP contribution in [-0.4, -0.2) is 23.9 Å². The predicted octanol–water partition coefficient (Wildman–Crippen LogP) is 4.10. The third-order valence-electron chi connectivity index (χ3n) is 4.73. The fourth-order valence-electron chi connectivity index (χ4n) is 3.16. The van der Waals surface area contributed by atoms with Crippen LogP contribution in [-0.2, 0) is 17.8 Å². The molecule has 1 aliphatic rings. The van der Waals surface area contributed by atoms with Crippen LogP contribution in [0.1, 0.15) is 30.9 Å². The Hall–Kier alpha value is -2.13. The maximum absolute atomic E-state index is 12.1. The molecule has 126 valence electrons. The van der Waals surface area contributed by atoms with E-state index in [1.54, 1.807) is 0 Å². The number of carbonyl (C=O) groups excluding carboxylic acids is 1. The van der Waals surface area contributed by atoms with E-state index in [-0.39, 0.29) is 5.91 Å². The van der Waals surface area contributed by atoms with Crippen molar-refractivity contribution in [2.24, 2.45) is 5.92 Å². The van der Waals surface area contributed by atoms with E-state index in [2.05, 4.69) is 29.3 Å². The van der Waals surface area contributed by atoms with Crippen molar-refractivity contribution in [1.29, 1.82) is 0 Å². The number of rotatable bonds is 5. The summed E-state index contributed by atoms with van der Waals surface area (Å²) in [7, 11) is 0. The Morgan fingerprint density at radius 3 is 2.33 bits per heavy atom. The molecule has 1 heterocycles. The van der Waals surface area contributed by atoms with Gasteiger partial charge in [-0.25, -0.2) is 0 Å². The molecule has 0 radical (unpaired) electrons. The minimum Gasteiger partial charge on any atom is -0.326 e. The van der Waals surface area contributed by atoms with E-state index < -0.39 is 0 Å². The third kappa shape index (κ3) is 4.93. The zero-order chi connectivity index (χ0) is 16.8. The standard InChI is InChI=1S/C21H26N2O/c1-17-11-13-23(14-12-17)16-19-7-9-20(10-8-19)22-21(24)15-18-5-3-2-4-6-18/h2-10,17H,11-16H2,1H3,(H,22,24). The summed E-state index contributed by atoms with van der Waals surface area (Å²) in [6, 6.07) is 18.1. The van der Waals surface area contributed by atoms with Gasteiger partial charge >= 0.3 is 0 Å². The first-order chi connectivity index (χ1) is 11.7. The van der Waals surface area contributed by atoms with Gasteiger partial charge in [-0.1, -0.05) is 49.4 Å². The summed E-state index contributed by atoms with van der Waals surface area (Å²) in [4.78, 5) is 14.6. The second kappa shape index (κ2) is 8.11. The summed E-state index contributed by atoms with van der Waals surface area (Å²) in [5, 5.41) is 2.97. The largest absolute Gasteiger partial charge is 0.326 e. The van der Waals surface area contributed by atoms with Gasteiger partial charge in [0.1, 0.15) is 0 Å². The van der Waals surface area contributed by atoms with Gasteiger partial charge in [0.25, 0.3) is 0 Å². The van der Waals surface area contributed by atoms with E-state index in [1.807, 2.05) is 42.5 Å². The van der Waals surface area contributed by atoms with E-state index in [4.69, 9.17) is 0 Å². The normalized spacial score (nSPS) is 16.0. The molecule has 1 aliphatic heterocycles. The first-order valence-electron chi connectivity index (χ1n) is 8.84. The van der Waals surface area contributed by atoms with Crippen molar-refractivity contribution >= 4 is 11.6 Å². The summed E-state index contributed by atoms with van der Waals surface area (Å²) in [5.41, 5.74) is 3.21. The average molecular weight is 322 g/mol. The number of nitrogens with zero attached hydrogens (tertiary/aromatic N) is 1. The number of nitrogens with one attached hydrogen (secondary N) is 1. The molecule has 24 heavy (non-hydrogen) atoms. The molecule has 2 aromatic carbocycles. The second-order valence-electron chi connectivity index (χ2n) is 6.87. The molecule has 0 saturated carbocycles. The highest BCUT2D eigenvalue weighted by molar-refractivity contribution is 5.92. The number of carbonyl (C=O) groups is 1. The third-order valence-corrected chi connectivity index (χ3v) is 4.73. The average Bonchev–Trinajstić information content (AvgIpc) is 2.59. The Balaban J connectivity index is 1.50. The van der Waals surface area contributed by atoms with Gasteiger partial charge in [0, 0.05) is 12.2 Å². The van der Waals surface area contributed by atoms with Crippen molar-refractivity contribution in [3.8, 4) is 0 Å². The fourth-order valence-corrected chi connectivity index (χ4v) is 3.16. The van der Waals surface area contributed by atoms with Crippen molar-refractivity contribution in [3.05, 3.63) is 65.7 Å². The molecule has 0 unspecified atom stereocenters. The maximum atomic E-state index is 12.1. The molecule has 1 fully saturated rings. The number of hydrogen-bond acceptors (Lipinski definition) is 2. The molecule has 0 atom stereocenters. The fraction of sp³-hybridized carbons (Fsp3) is 0.381. The number of amides is 1. The Morgan fingerprint density at radius 2 is 1.67 bits per heavy atom. The predicted molar refractivity (Wildman–Crippen MR) is 98.9 cm³/mol. The topological polar surface area (TPSA) is 32.3 Å². The first kappa shape index (κ1) is 16.7. The van der Waals surface area contributed by atoms with Gasteiger partial charge in [-0.3, -0.25) is 9.69 Å². The van der Waals surface area contributed by atoms with Crippen LogP contribution in [0.15, 0.2) is 54.6 Å². The van der Waals surface area contributed by atoms with Crippen molar-refractivity contribution < 1.29 is 4.79 Å². The van der Waals surface area contributed by atoms with Gasteiger partial charge in [0.15, 0.2) is 0 Å². The SMILES string of the molecule is CC1CCN(Cc2ccc(NC(=O)Cc3ccccc3)cc2)CC1. The Morgan fingerprint density at radius 1 is 1.00 bits per heavy atom. The van der Waals surface area contributed by atoms with Gasteiger partial charge in [0.05, 0.1) is 6.42 Å². The van der Waals surface area contributed by atoms with Crippen molar-refractivity contribution in [1.82, 2.24) is 4.90 Å². The number of benzene rings is 2. The molecule has 1 N–H and O–H groups in total. The highest BCUT2D eigenvalue weighted by atomic mass is 16.1. The summed E-state index contributed by atoms with van der Waals surface area (Å²) in [5.74, 6) is 0.891. The van der Waals surface area contributed by atoms with Gasteiger partial charge in [-0.2, -0.15) is 0 Å². The summed E-state index contributed by atoms with van der Waals surface area (Å²) < 4.78 is 0. The van der Waals surface area contributed by atoms with Crippen molar-refractivity contribution in [3.63, 3.8) is 0 Å². The van der Waals surface area contributed by atoms with Crippen LogP contribution in [0.4, 0.5) is 5.69 Å². The minimum atomic E-state index is 0.0268. The van der Waals surface area contributed by atoms with Crippen LogP contribution in [0, 0.1) is 5.92 Å². The quantitative estimate of drug-likeness (QED) is 0.899. The minimum absolute atomic E-state index is 0.0268. The van der Waals surface area contributed by atoms with Crippen LogP contribution >= 0.6 is 0 Å². The molecule has 0 aliphatic carbocycles. The highest BCUT2D eigenvalue weighted by Crippen LogP contribution is 2.19. The molecule has 2 aromatic rings. The van der Waals surface area contributed by atoms with Gasteiger partial charge in [-0.05, 0) is 55.1 Å². The van der Waals surface area contributed by atoms with Crippen LogP contribution < -0.4 is 5.32 Å². The molecule has 0 bridgehead atoms. The second-order valence-corrected chi connectivity index (χ2v) is 6.87. The van der Waals surface area contributed by atoms with Gasteiger partial charge < -0.3 is 5.32 Å². The molecule has 3 rings (SSSR count). The lowest BCUT2D eigenvalue weighted by molar-refractivity contribution is -0.115. The molecule has 1 saturated heterocycles. The Kier molecular flexibility index (Phi) is 5.65. The van der Waals surface area contributed by atoms with E-state index in [9.17, 15) is 4.79 Å². The number of likely N-dealkylation sites (tertiary alicyclic amines) is 1. The van der Waals surface area contributed by atoms with E-state index in [0.29, 0.717) is 6.42 Å². The molecular weight excluding hydrogens is 296 g/mol. The van der Waals surface area contributed by atoms with E-state index in [1.165, 1.54) is 31.5 Å². The van der Waals surface area contributed by atoms with Crippen LogP contribution in [0.2, 0.25) is 0 Å². The summed E-state index contributed by atoms with van der Waals surface area (Å²) >= 11 is 0. The van der Waals surface area contributed by atoms with Gasteiger partial charge in [0.2, 0.25) is 5.91 Å². The number of anilines is 1. The molecule has 0 spiro atoms. The summed E-state index contributed by atoms with van der Waals surface area (Å²) in [6.07, 6.45) is 3.01. The highest BCUT2D eigenvalue weighted by Gasteiger charge is 2.15. The lowest BCUT2D eigenvalue weighted by Crippen LogP contribution is -2.32. The zero-order valence-corrected chi connectivity index (χ0v) is 14.4. The van der Waals surface area contributed by atoms with Crippen molar-refractivity contribution in [2.45, 2.75) is 32.7 Å². The Labute approximate surface area is 144 Å². The summed E-state index contributed by atoms with van der Waals surface area (Å²) in [6.45, 7) is 5.72. The maximum Gasteiger partial charge on any atom is 0.228 e. The lowest BCUT2D eigenvalue weighted by atomic mass is 9.99. The molecule has 3 nitrogen and oxygen atoms in total. The van der Waals surface area contributed by atoms with E-state index >= 15 is 0 Å². The Bertz CT molecular complexity index is 643. The van der Waals surface area contributed by atoms with Crippen LogP contribution in [0.5, 0.6) is 0 Å². The number of hydrogen-bond donors (Lipinski definition) is 1. The van der Waals surface area contributed by atoms with Crippen LogP contribution in [0.3, 0.4) is 0 Å². The smallest absolute Gasteiger partial charge is 0.228 e. The monoisotopic (exact) mass is 322 g/mol. The molecule has 1 amide bonds. The first-order valence-corrected chi connectivity index (χ1v) is 8.84. The zero-order valence-electron chi connectivity index (χ0n) is 14.4. The molecule has 3 heteroatoms. The van der Waals surface area contributed by atoms with E-state index in [0.717, 1.165) is 23.7 Å². The van der Waals surface area contributed by atoms with Crippen LogP contribution in [0.25, 0.3) is 0 Å². The molecular formula is C21H26N2O. The lowest BCUT2D eigenvalue weighted by Gasteiger charge is -2.30. The number of piperidine rings is 1. The van der Waals surface area contributed by atoms with Crippen molar-refractivity contribution in [2.75, 3.05) is 18.4 Å². The van der Waals surface area contributed by atoms with Gasteiger partial charge in [-0.15, -0.1) is 0 Å².